The van der Waals surface area contributed by atoms with Gasteiger partial charge in [-0.1, -0.05) is 12.1 Å². The Labute approximate surface area is 139 Å². The summed E-state index contributed by atoms with van der Waals surface area (Å²) in [4.78, 5) is 6.76. The van der Waals surface area contributed by atoms with Crippen molar-refractivity contribution >= 4 is 5.96 Å². The number of aliphatic imine (C=N–C) groups is 1. The monoisotopic (exact) mass is 320 g/mol. The molecule has 0 spiro atoms. The lowest BCUT2D eigenvalue weighted by atomic mass is 10.1. The molecule has 1 aliphatic rings. The Balaban J connectivity index is 1.75. The van der Waals surface area contributed by atoms with Crippen molar-refractivity contribution in [3.05, 3.63) is 35.1 Å². The maximum atomic E-state index is 13.6. The highest BCUT2D eigenvalue weighted by Gasteiger charge is 2.30. The van der Waals surface area contributed by atoms with Crippen molar-refractivity contribution in [1.29, 1.82) is 0 Å². The van der Waals surface area contributed by atoms with Gasteiger partial charge in [-0.15, -0.1) is 0 Å². The van der Waals surface area contributed by atoms with Gasteiger partial charge in [0.15, 0.2) is 5.96 Å². The molecule has 1 aromatic rings. The average molecular weight is 320 g/mol. The number of benzene rings is 1. The number of hydrogen-bond donors (Lipinski definition) is 2. The first-order valence-electron chi connectivity index (χ1n) is 8.46. The molecule has 2 rings (SSSR count). The van der Waals surface area contributed by atoms with E-state index in [0.29, 0.717) is 18.2 Å². The van der Waals surface area contributed by atoms with Gasteiger partial charge >= 0.3 is 0 Å². The lowest BCUT2D eigenvalue weighted by molar-refractivity contribution is 0.215. The molecule has 0 atom stereocenters. The Morgan fingerprint density at radius 1 is 1.35 bits per heavy atom. The molecule has 23 heavy (non-hydrogen) atoms. The number of rotatable bonds is 7. The summed E-state index contributed by atoms with van der Waals surface area (Å²) >= 11 is 0. The van der Waals surface area contributed by atoms with Crippen molar-refractivity contribution in [1.82, 2.24) is 15.5 Å². The number of nitrogens with one attached hydrogen (secondary N) is 2. The minimum atomic E-state index is -0.163. The zero-order valence-corrected chi connectivity index (χ0v) is 14.7. The molecule has 1 saturated carbocycles. The van der Waals surface area contributed by atoms with Crippen LogP contribution in [0.5, 0.6) is 0 Å². The van der Waals surface area contributed by atoms with Crippen molar-refractivity contribution in [2.45, 2.75) is 52.2 Å². The number of nitrogens with zero attached hydrogens (tertiary/aromatic N) is 2. The van der Waals surface area contributed by atoms with Crippen LogP contribution in [-0.2, 0) is 6.54 Å². The van der Waals surface area contributed by atoms with Gasteiger partial charge in [0.05, 0.1) is 0 Å². The molecule has 1 aliphatic carbocycles. The van der Waals surface area contributed by atoms with E-state index >= 15 is 0 Å². The van der Waals surface area contributed by atoms with Gasteiger partial charge in [-0.3, -0.25) is 9.89 Å². The van der Waals surface area contributed by atoms with Crippen LogP contribution < -0.4 is 10.6 Å². The Morgan fingerprint density at radius 3 is 2.65 bits per heavy atom. The van der Waals surface area contributed by atoms with E-state index in [1.165, 1.54) is 12.8 Å². The predicted octanol–water partition coefficient (Wildman–Crippen LogP) is 2.67. The summed E-state index contributed by atoms with van der Waals surface area (Å²) in [6, 6.07) is 6.66. The Bertz CT molecular complexity index is 536. The summed E-state index contributed by atoms with van der Waals surface area (Å²) in [5, 5.41) is 6.57. The topological polar surface area (TPSA) is 39.7 Å². The van der Waals surface area contributed by atoms with Crippen molar-refractivity contribution < 1.29 is 4.39 Å². The summed E-state index contributed by atoms with van der Waals surface area (Å²) < 4.78 is 13.6. The van der Waals surface area contributed by atoms with Crippen molar-refractivity contribution in [2.75, 3.05) is 20.1 Å². The van der Waals surface area contributed by atoms with Crippen molar-refractivity contribution in [2.24, 2.45) is 4.99 Å². The first-order valence-corrected chi connectivity index (χ1v) is 8.46. The van der Waals surface area contributed by atoms with E-state index in [1.807, 2.05) is 6.07 Å². The number of halogens is 1. The Morgan fingerprint density at radius 2 is 2.09 bits per heavy atom. The first kappa shape index (κ1) is 17.7. The van der Waals surface area contributed by atoms with Crippen LogP contribution in [0.3, 0.4) is 0 Å². The third-order valence-electron chi connectivity index (χ3n) is 4.26. The summed E-state index contributed by atoms with van der Waals surface area (Å²) in [5.74, 6) is 0.592. The molecule has 0 saturated heterocycles. The van der Waals surface area contributed by atoms with Crippen LogP contribution in [0.15, 0.2) is 23.2 Å². The highest BCUT2D eigenvalue weighted by molar-refractivity contribution is 5.79. The lowest BCUT2D eigenvalue weighted by Crippen LogP contribution is -2.43. The van der Waals surface area contributed by atoms with Crippen molar-refractivity contribution in [3.63, 3.8) is 0 Å². The van der Waals surface area contributed by atoms with Crippen LogP contribution >= 0.6 is 0 Å². The van der Waals surface area contributed by atoms with E-state index in [0.717, 1.165) is 30.7 Å². The zero-order valence-electron chi connectivity index (χ0n) is 14.7. The van der Waals surface area contributed by atoms with Crippen LogP contribution in [0.4, 0.5) is 4.39 Å². The van der Waals surface area contributed by atoms with Crippen LogP contribution in [0.2, 0.25) is 0 Å². The Hall–Kier alpha value is -1.62. The third kappa shape index (κ3) is 5.50. The van der Waals surface area contributed by atoms with Crippen molar-refractivity contribution in [3.8, 4) is 0 Å². The number of hydrogen-bond acceptors (Lipinski definition) is 2. The summed E-state index contributed by atoms with van der Waals surface area (Å²) in [6.07, 6.45) is 2.65. The van der Waals surface area contributed by atoms with Crippen LogP contribution in [0.25, 0.3) is 0 Å². The third-order valence-corrected chi connectivity index (χ3v) is 4.26. The van der Waals surface area contributed by atoms with E-state index < -0.39 is 0 Å². The maximum Gasteiger partial charge on any atom is 0.191 e. The van der Waals surface area contributed by atoms with E-state index in [4.69, 9.17) is 0 Å². The molecular formula is C18H29FN4. The minimum absolute atomic E-state index is 0.163. The standard InChI is InChI=1S/C18H29FN4/c1-13(2)23(16-7-8-16)10-9-21-18(20-4)22-12-15-6-5-14(3)17(19)11-15/h5-6,11,13,16H,7-10,12H2,1-4H3,(H2,20,21,22). The normalized spacial score (nSPS) is 15.3. The molecule has 0 bridgehead atoms. The maximum absolute atomic E-state index is 13.6. The quantitative estimate of drug-likeness (QED) is 0.599. The fourth-order valence-electron chi connectivity index (χ4n) is 2.72. The molecule has 0 radical (unpaired) electrons. The molecule has 0 heterocycles. The summed E-state index contributed by atoms with van der Waals surface area (Å²) in [6.45, 7) is 8.70. The second kappa shape index (κ2) is 8.29. The number of aryl methyl sites for hydroxylation is 1. The molecule has 1 aromatic carbocycles. The highest BCUT2D eigenvalue weighted by atomic mass is 19.1. The smallest absolute Gasteiger partial charge is 0.191 e. The van der Waals surface area contributed by atoms with Gasteiger partial charge in [0.1, 0.15) is 5.82 Å². The second-order valence-electron chi connectivity index (χ2n) is 6.50. The van der Waals surface area contributed by atoms with Gasteiger partial charge in [0.25, 0.3) is 0 Å². The molecule has 1 fully saturated rings. The highest BCUT2D eigenvalue weighted by Crippen LogP contribution is 2.27. The lowest BCUT2D eigenvalue weighted by Gasteiger charge is -2.26. The number of guanidine groups is 1. The second-order valence-corrected chi connectivity index (χ2v) is 6.50. The average Bonchev–Trinajstić information content (AvgIpc) is 3.34. The van der Waals surface area contributed by atoms with E-state index in [9.17, 15) is 4.39 Å². The van der Waals surface area contributed by atoms with Crippen LogP contribution in [-0.4, -0.2) is 43.1 Å². The van der Waals surface area contributed by atoms with Gasteiger partial charge in [-0.25, -0.2) is 4.39 Å². The Kier molecular flexibility index (Phi) is 6.39. The largest absolute Gasteiger partial charge is 0.355 e. The fraction of sp³-hybridized carbons (Fsp3) is 0.611. The van der Waals surface area contributed by atoms with Gasteiger partial charge in [-0.2, -0.15) is 0 Å². The SMILES string of the molecule is CN=C(NCCN(C(C)C)C1CC1)NCc1ccc(C)c(F)c1. The van der Waals surface area contributed by atoms with Crippen LogP contribution in [0, 0.1) is 12.7 Å². The van der Waals surface area contributed by atoms with Gasteiger partial charge in [0, 0.05) is 38.8 Å². The van der Waals surface area contributed by atoms with Gasteiger partial charge < -0.3 is 10.6 Å². The molecule has 0 amide bonds. The molecule has 0 aromatic heterocycles. The van der Waals surface area contributed by atoms with Gasteiger partial charge in [0.2, 0.25) is 0 Å². The first-order chi connectivity index (χ1) is 11.0. The fourth-order valence-corrected chi connectivity index (χ4v) is 2.72. The zero-order chi connectivity index (χ0) is 16.8. The van der Waals surface area contributed by atoms with Crippen LogP contribution in [0.1, 0.15) is 37.8 Å². The molecule has 0 unspecified atom stereocenters. The predicted molar refractivity (Wildman–Crippen MR) is 94.2 cm³/mol. The summed E-state index contributed by atoms with van der Waals surface area (Å²) in [5.41, 5.74) is 1.59. The van der Waals surface area contributed by atoms with E-state index in [-0.39, 0.29) is 5.82 Å². The van der Waals surface area contributed by atoms with E-state index in [2.05, 4.69) is 34.4 Å². The molecule has 4 nitrogen and oxygen atoms in total. The molecule has 128 valence electrons. The molecule has 2 N–H and O–H groups in total. The molecule has 0 aliphatic heterocycles. The minimum Gasteiger partial charge on any atom is -0.355 e. The van der Waals surface area contributed by atoms with E-state index in [1.54, 1.807) is 26.1 Å². The molecular weight excluding hydrogens is 291 g/mol. The van der Waals surface area contributed by atoms with Gasteiger partial charge in [-0.05, 0) is 50.8 Å². The summed E-state index contributed by atoms with van der Waals surface area (Å²) in [7, 11) is 1.76. The molecule has 5 heteroatoms.